The summed E-state index contributed by atoms with van der Waals surface area (Å²) in [5.41, 5.74) is 6.58. The first-order chi connectivity index (χ1) is 31.9. The molecule has 2 amide bonds. The Balaban J connectivity index is 1.60. The summed E-state index contributed by atoms with van der Waals surface area (Å²) >= 11 is 0. The average Bonchev–Trinajstić information content (AvgIpc) is 4.09. The SMILES string of the molecule is COC(CC1OC(=O)CC(OC(N)=O)CC(C)CC(O)C(C)C(OC)c2coc(n2)-c2coc(n2)-c2coc(n2)/C=C/CC(OC)C1C)C(C)CCC(=O)C(C)C(OC)C(C)/C=C/N(C)C=O. The number of nitrogens with two attached hydrogens (primary N) is 1. The Bertz CT molecular complexity index is 2060. The van der Waals surface area contributed by atoms with Gasteiger partial charge in [0.1, 0.15) is 48.6 Å². The number of nitrogens with zero attached hydrogens (tertiary/aromatic N) is 4. The van der Waals surface area contributed by atoms with E-state index in [1.54, 1.807) is 40.7 Å². The van der Waals surface area contributed by atoms with Crippen LogP contribution < -0.4 is 5.73 Å². The molecule has 372 valence electrons. The number of hydrogen-bond donors (Lipinski definition) is 2. The van der Waals surface area contributed by atoms with Crippen LogP contribution in [0.3, 0.4) is 0 Å². The largest absolute Gasteiger partial charge is 0.462 e. The molecule has 0 radical (unpaired) electrons. The minimum absolute atomic E-state index is 0.0194. The zero-order chi connectivity index (χ0) is 49.4. The van der Waals surface area contributed by atoms with E-state index < -0.39 is 72.5 Å². The predicted molar refractivity (Wildman–Crippen MR) is 244 cm³/mol. The Morgan fingerprint density at radius 2 is 1.63 bits per heavy atom. The van der Waals surface area contributed by atoms with Gasteiger partial charge in [-0.15, -0.1) is 0 Å². The molecule has 19 nitrogen and oxygen atoms in total. The van der Waals surface area contributed by atoms with Crippen molar-refractivity contribution in [1.82, 2.24) is 19.9 Å². The summed E-state index contributed by atoms with van der Waals surface area (Å²) < 4.78 is 52.4. The first-order valence-corrected chi connectivity index (χ1v) is 22.8. The lowest BCUT2D eigenvalue weighted by atomic mass is 9.84. The fourth-order valence-electron chi connectivity index (χ4n) is 8.69. The molecular weight excluding hydrogens is 871 g/mol. The predicted octanol–water partition coefficient (Wildman–Crippen LogP) is 7.20. The number of fused-ring (bicyclic) bond motifs is 8. The van der Waals surface area contributed by atoms with Crippen molar-refractivity contribution in [2.24, 2.45) is 41.2 Å². The van der Waals surface area contributed by atoms with E-state index >= 15 is 0 Å². The molecule has 4 rings (SSSR count). The number of amides is 2. The van der Waals surface area contributed by atoms with Crippen LogP contribution in [0.5, 0.6) is 0 Å². The van der Waals surface area contributed by atoms with Crippen molar-refractivity contribution >= 4 is 30.3 Å². The Hall–Kier alpha value is -5.21. The van der Waals surface area contributed by atoms with E-state index in [0.717, 1.165) is 0 Å². The number of hydrogen-bond acceptors (Lipinski definition) is 17. The van der Waals surface area contributed by atoms with E-state index in [9.17, 15) is 24.3 Å². The second-order valence-electron chi connectivity index (χ2n) is 17.9. The second kappa shape index (κ2) is 26.4. The highest BCUT2D eigenvalue weighted by Crippen LogP contribution is 2.34. The number of oxazole rings is 3. The highest BCUT2D eigenvalue weighted by molar-refractivity contribution is 5.81. The molecule has 6 bridgehead atoms. The van der Waals surface area contributed by atoms with Gasteiger partial charge in [-0.3, -0.25) is 14.4 Å². The van der Waals surface area contributed by atoms with Crippen LogP contribution in [0, 0.1) is 35.5 Å². The summed E-state index contributed by atoms with van der Waals surface area (Å²) in [6.45, 7) is 11.4. The van der Waals surface area contributed by atoms with E-state index in [0.29, 0.717) is 36.3 Å². The number of Topliss-reactive ketones (excluding diaryl/α,β-unsaturated/α-hetero) is 1. The van der Waals surface area contributed by atoms with Crippen molar-refractivity contribution in [2.45, 2.75) is 129 Å². The first-order valence-electron chi connectivity index (χ1n) is 22.8. The quantitative estimate of drug-likeness (QED) is 0.100. The number of carbonyl (C=O) groups is 4. The number of esters is 1. The van der Waals surface area contributed by atoms with Gasteiger partial charge in [0.25, 0.3) is 0 Å². The lowest BCUT2D eigenvalue weighted by Crippen LogP contribution is -2.39. The molecule has 0 fully saturated rings. The van der Waals surface area contributed by atoms with Crippen LogP contribution >= 0.6 is 0 Å². The fraction of sp³-hybridized carbons (Fsp3) is 0.646. The van der Waals surface area contributed by atoms with Gasteiger partial charge in [-0.1, -0.05) is 53.7 Å². The number of carbonyl (C=O) groups excluding carboxylic acids is 4. The van der Waals surface area contributed by atoms with Gasteiger partial charge in [-0.05, 0) is 43.6 Å². The smallest absolute Gasteiger partial charge is 0.404 e. The van der Waals surface area contributed by atoms with Crippen LogP contribution in [0.1, 0.15) is 104 Å². The first kappa shape index (κ1) is 54.4. The molecule has 19 heteroatoms. The van der Waals surface area contributed by atoms with Gasteiger partial charge in [0, 0.05) is 78.2 Å². The number of cyclic esters (lactones) is 1. The molecule has 0 saturated heterocycles. The number of ketones is 1. The molecule has 1 aliphatic heterocycles. The number of methoxy groups -OCH3 is 4. The van der Waals surface area contributed by atoms with Gasteiger partial charge in [0.2, 0.25) is 24.1 Å². The summed E-state index contributed by atoms with van der Waals surface area (Å²) in [6.07, 6.45) is 7.75. The minimum Gasteiger partial charge on any atom is -0.462 e. The van der Waals surface area contributed by atoms with Crippen LogP contribution in [0.4, 0.5) is 4.79 Å². The molecule has 3 N–H and O–H groups in total. The maximum Gasteiger partial charge on any atom is 0.404 e. The highest BCUT2D eigenvalue weighted by atomic mass is 16.6. The molecule has 3 aromatic heterocycles. The van der Waals surface area contributed by atoms with Crippen LogP contribution in [0.2, 0.25) is 0 Å². The monoisotopic (exact) mass is 941 g/mol. The summed E-state index contributed by atoms with van der Waals surface area (Å²) in [5.74, 6) is -1.84. The Morgan fingerprint density at radius 1 is 0.940 bits per heavy atom. The van der Waals surface area contributed by atoms with Crippen LogP contribution in [0.25, 0.3) is 29.2 Å². The van der Waals surface area contributed by atoms with Crippen molar-refractivity contribution in [1.29, 1.82) is 0 Å². The molecule has 13 unspecified atom stereocenters. The minimum atomic E-state index is -1.05. The molecular formula is C48H71N5O14. The van der Waals surface area contributed by atoms with E-state index in [-0.39, 0.29) is 73.3 Å². The van der Waals surface area contributed by atoms with Gasteiger partial charge in [0.15, 0.2) is 11.4 Å². The molecule has 0 aromatic carbocycles. The zero-order valence-electron chi connectivity index (χ0n) is 40.7. The number of ether oxygens (including phenoxy) is 6. The third-order valence-corrected chi connectivity index (χ3v) is 12.8. The van der Waals surface area contributed by atoms with Gasteiger partial charge in [0.05, 0.1) is 30.8 Å². The third kappa shape index (κ3) is 15.7. The van der Waals surface area contributed by atoms with Crippen LogP contribution in [0.15, 0.2) is 50.4 Å². The van der Waals surface area contributed by atoms with E-state index in [2.05, 4.69) is 15.0 Å². The lowest BCUT2D eigenvalue weighted by molar-refractivity contribution is -0.160. The fourth-order valence-corrected chi connectivity index (χ4v) is 8.69. The second-order valence-corrected chi connectivity index (χ2v) is 17.9. The summed E-state index contributed by atoms with van der Waals surface area (Å²) in [6, 6.07) is 0. The normalized spacial score (nSPS) is 26.2. The average molecular weight is 942 g/mol. The number of aromatic nitrogens is 3. The van der Waals surface area contributed by atoms with Gasteiger partial charge < -0.3 is 57.4 Å². The Labute approximate surface area is 393 Å². The molecule has 0 spiro atoms. The summed E-state index contributed by atoms with van der Waals surface area (Å²) in [7, 11) is 7.86. The van der Waals surface area contributed by atoms with E-state index in [1.165, 1.54) is 30.8 Å². The van der Waals surface area contributed by atoms with E-state index in [4.69, 9.17) is 47.4 Å². The van der Waals surface area contributed by atoms with Crippen molar-refractivity contribution < 1.29 is 66.0 Å². The molecule has 1 aliphatic rings. The topological polar surface area (TPSA) is 251 Å². The van der Waals surface area contributed by atoms with Gasteiger partial charge in [-0.2, -0.15) is 0 Å². The Kier molecular flexibility index (Phi) is 21.4. The number of primary amides is 1. The Morgan fingerprint density at radius 3 is 2.28 bits per heavy atom. The number of aliphatic hydroxyl groups is 1. The number of rotatable bonds is 17. The van der Waals surface area contributed by atoms with Crippen molar-refractivity contribution in [2.75, 3.05) is 35.5 Å². The summed E-state index contributed by atoms with van der Waals surface area (Å²) in [5, 5.41) is 11.4. The van der Waals surface area contributed by atoms with Crippen LogP contribution in [-0.2, 0) is 42.8 Å². The van der Waals surface area contributed by atoms with Crippen molar-refractivity contribution in [3.8, 4) is 23.2 Å². The maximum atomic E-state index is 14.0. The van der Waals surface area contributed by atoms with Crippen molar-refractivity contribution in [3.05, 3.63) is 48.7 Å². The van der Waals surface area contributed by atoms with Crippen molar-refractivity contribution in [3.63, 3.8) is 0 Å². The number of aliphatic hydroxyl groups excluding tert-OH is 1. The van der Waals surface area contributed by atoms with Crippen LogP contribution in [-0.4, -0.2) is 121 Å². The molecule has 4 heterocycles. The molecule has 13 atom stereocenters. The summed E-state index contributed by atoms with van der Waals surface area (Å²) in [4.78, 5) is 65.7. The van der Waals surface area contributed by atoms with E-state index in [1.807, 2.05) is 53.7 Å². The maximum absolute atomic E-state index is 14.0. The molecule has 67 heavy (non-hydrogen) atoms. The molecule has 3 aromatic rings. The molecule has 0 aliphatic carbocycles. The lowest BCUT2D eigenvalue weighted by Gasteiger charge is -2.34. The van der Waals surface area contributed by atoms with Gasteiger partial charge in [-0.25, -0.2) is 19.7 Å². The van der Waals surface area contributed by atoms with Gasteiger partial charge >= 0.3 is 12.1 Å². The molecule has 0 saturated carbocycles. The highest BCUT2D eigenvalue weighted by Gasteiger charge is 2.36. The standard InChI is InChI=1S/C48H71N5O14/c1-27-19-33(66-48(49)58)21-43(57)67-41(22-40(60-9)28(2)15-16-37(55)30(4)44(61-10)29(3)17-18-53(7)26-54)32(6)39(59-8)13-12-14-42-50-35(24-63-42)46-52-36(25-65-46)47-51-34(23-64-47)45(62-11)31(5)38(56)20-27/h12,14,17-18,23-33,38-41,44-45,56H,13,15-16,19-22H2,1-11H3,(H2,49,58)/b14-12+,18-17+. The third-order valence-electron chi connectivity index (χ3n) is 12.8. The zero-order valence-corrected chi connectivity index (χ0v) is 40.7.